The molecule has 1 aliphatic heterocycles. The first-order valence-corrected chi connectivity index (χ1v) is 5.80. The Hall–Kier alpha value is -0.980. The van der Waals surface area contributed by atoms with Gasteiger partial charge in [-0.15, -0.1) is 0 Å². The van der Waals surface area contributed by atoms with E-state index in [0.717, 1.165) is 0 Å². The van der Waals surface area contributed by atoms with Gasteiger partial charge in [-0.1, -0.05) is 6.07 Å². The van der Waals surface area contributed by atoms with Gasteiger partial charge in [0.05, 0.1) is 0 Å². The van der Waals surface area contributed by atoms with Gasteiger partial charge < -0.3 is 4.90 Å². The van der Waals surface area contributed by atoms with Gasteiger partial charge in [-0.3, -0.25) is 0 Å². The largest absolute Gasteiger partial charge is 0.372 e. The summed E-state index contributed by atoms with van der Waals surface area (Å²) >= 11 is 0. The maximum atomic E-state index is 2.54. The third-order valence-corrected chi connectivity index (χ3v) is 3.57. The highest BCUT2D eigenvalue weighted by molar-refractivity contribution is 5.53. The van der Waals surface area contributed by atoms with Crippen molar-refractivity contribution in [2.24, 2.45) is 0 Å². The molecule has 1 nitrogen and oxygen atoms in total. The molecule has 2 aliphatic rings. The van der Waals surface area contributed by atoms with Crippen molar-refractivity contribution in [3.8, 4) is 0 Å². The van der Waals surface area contributed by atoms with Crippen LogP contribution < -0.4 is 4.90 Å². The zero-order valence-electron chi connectivity index (χ0n) is 8.63. The molecular formula is C13H17N. The van der Waals surface area contributed by atoms with Crippen LogP contribution in [-0.2, 0) is 12.8 Å². The molecule has 0 atom stereocenters. The normalized spacial score (nSPS) is 20.1. The second kappa shape index (κ2) is 3.30. The van der Waals surface area contributed by atoms with E-state index in [1.165, 1.54) is 50.9 Å². The van der Waals surface area contributed by atoms with Crippen LogP contribution in [0.25, 0.3) is 0 Å². The summed E-state index contributed by atoms with van der Waals surface area (Å²) in [4.78, 5) is 2.54. The lowest BCUT2D eigenvalue weighted by molar-refractivity contribution is 0.577. The Morgan fingerprint density at radius 2 is 1.64 bits per heavy atom. The van der Waals surface area contributed by atoms with Gasteiger partial charge in [0.15, 0.2) is 0 Å². The van der Waals surface area contributed by atoms with Gasteiger partial charge in [0.25, 0.3) is 0 Å². The fraction of sp³-hybridized carbons (Fsp3) is 0.538. The third-order valence-electron chi connectivity index (χ3n) is 3.57. The number of nitrogens with zero attached hydrogens (tertiary/aromatic N) is 1. The summed E-state index contributed by atoms with van der Waals surface area (Å²) in [5.41, 5.74) is 4.63. The fourth-order valence-corrected chi connectivity index (χ4v) is 2.53. The van der Waals surface area contributed by atoms with Crippen molar-refractivity contribution >= 4 is 5.69 Å². The SMILES string of the molecule is c1cc2c(cc1N1CCCCC1)CC2. The highest BCUT2D eigenvalue weighted by Crippen LogP contribution is 2.28. The monoisotopic (exact) mass is 187 g/mol. The lowest BCUT2D eigenvalue weighted by atomic mass is 9.88. The predicted molar refractivity (Wildman–Crippen MR) is 59.9 cm³/mol. The van der Waals surface area contributed by atoms with Crippen molar-refractivity contribution in [2.45, 2.75) is 32.1 Å². The van der Waals surface area contributed by atoms with Crippen LogP contribution in [0, 0.1) is 0 Å². The molecule has 1 fully saturated rings. The van der Waals surface area contributed by atoms with Gasteiger partial charge in [-0.05, 0) is 55.4 Å². The molecule has 3 rings (SSSR count). The summed E-state index contributed by atoms with van der Waals surface area (Å²) in [7, 11) is 0. The minimum atomic E-state index is 1.26. The van der Waals surface area contributed by atoms with E-state index in [1.54, 1.807) is 11.1 Å². The Balaban J connectivity index is 1.84. The first-order valence-electron chi connectivity index (χ1n) is 5.80. The Labute approximate surface area is 85.7 Å². The molecule has 0 saturated carbocycles. The number of benzene rings is 1. The van der Waals surface area contributed by atoms with E-state index in [1.807, 2.05) is 0 Å². The molecule has 14 heavy (non-hydrogen) atoms. The van der Waals surface area contributed by atoms with Crippen LogP contribution in [0.5, 0.6) is 0 Å². The highest BCUT2D eigenvalue weighted by atomic mass is 15.1. The number of fused-ring (bicyclic) bond motifs is 1. The summed E-state index contributed by atoms with van der Waals surface area (Å²) in [6.07, 6.45) is 6.77. The van der Waals surface area contributed by atoms with Crippen LogP contribution in [0.15, 0.2) is 18.2 Å². The van der Waals surface area contributed by atoms with Gasteiger partial charge in [-0.2, -0.15) is 0 Å². The van der Waals surface area contributed by atoms with E-state index in [0.29, 0.717) is 0 Å². The van der Waals surface area contributed by atoms with Crippen LogP contribution in [0.4, 0.5) is 5.69 Å². The van der Waals surface area contributed by atoms with Gasteiger partial charge in [-0.25, -0.2) is 0 Å². The lowest BCUT2D eigenvalue weighted by Crippen LogP contribution is -2.29. The molecular weight excluding hydrogens is 170 g/mol. The summed E-state index contributed by atoms with van der Waals surface area (Å²) < 4.78 is 0. The van der Waals surface area contributed by atoms with Crippen molar-refractivity contribution in [3.05, 3.63) is 29.3 Å². The second-order valence-electron chi connectivity index (χ2n) is 4.50. The maximum Gasteiger partial charge on any atom is 0.0369 e. The average Bonchev–Trinajstić information content (AvgIpc) is 2.21. The third kappa shape index (κ3) is 1.31. The Kier molecular flexibility index (Phi) is 1.97. The van der Waals surface area contributed by atoms with Crippen molar-refractivity contribution in [3.63, 3.8) is 0 Å². The van der Waals surface area contributed by atoms with E-state index >= 15 is 0 Å². The number of hydrogen-bond acceptors (Lipinski definition) is 1. The molecule has 1 saturated heterocycles. The molecule has 1 aliphatic carbocycles. The van der Waals surface area contributed by atoms with Crippen molar-refractivity contribution in [1.29, 1.82) is 0 Å². The molecule has 1 heterocycles. The smallest absolute Gasteiger partial charge is 0.0369 e. The summed E-state index contributed by atoms with van der Waals surface area (Å²) in [5, 5.41) is 0. The predicted octanol–water partition coefficient (Wildman–Crippen LogP) is 2.78. The van der Waals surface area contributed by atoms with Crippen molar-refractivity contribution < 1.29 is 0 Å². The molecule has 0 radical (unpaired) electrons. The molecule has 1 heteroatoms. The van der Waals surface area contributed by atoms with Crippen LogP contribution in [0.3, 0.4) is 0 Å². The van der Waals surface area contributed by atoms with Crippen molar-refractivity contribution in [2.75, 3.05) is 18.0 Å². The molecule has 0 amide bonds. The quantitative estimate of drug-likeness (QED) is 0.653. The van der Waals surface area contributed by atoms with E-state index in [2.05, 4.69) is 23.1 Å². The second-order valence-corrected chi connectivity index (χ2v) is 4.50. The Bertz CT molecular complexity index is 337. The first-order chi connectivity index (χ1) is 6.93. The highest BCUT2D eigenvalue weighted by Gasteiger charge is 2.16. The summed E-state index contributed by atoms with van der Waals surface area (Å²) in [6, 6.07) is 7.04. The van der Waals surface area contributed by atoms with Gasteiger partial charge in [0, 0.05) is 18.8 Å². The number of aryl methyl sites for hydroxylation is 2. The van der Waals surface area contributed by atoms with Crippen molar-refractivity contribution in [1.82, 2.24) is 0 Å². The Morgan fingerprint density at radius 1 is 0.857 bits per heavy atom. The van der Waals surface area contributed by atoms with E-state index in [9.17, 15) is 0 Å². The minimum Gasteiger partial charge on any atom is -0.372 e. The molecule has 74 valence electrons. The fourth-order valence-electron chi connectivity index (χ4n) is 2.53. The number of rotatable bonds is 1. The van der Waals surface area contributed by atoms with Gasteiger partial charge in [0.2, 0.25) is 0 Å². The van der Waals surface area contributed by atoms with E-state index < -0.39 is 0 Å². The molecule has 0 N–H and O–H groups in total. The molecule has 1 aromatic carbocycles. The van der Waals surface area contributed by atoms with Crippen LogP contribution in [0.1, 0.15) is 30.4 Å². The number of piperidine rings is 1. The molecule has 0 aromatic heterocycles. The van der Waals surface area contributed by atoms with Crippen LogP contribution >= 0.6 is 0 Å². The summed E-state index contributed by atoms with van der Waals surface area (Å²) in [6.45, 7) is 2.53. The molecule has 1 aromatic rings. The lowest BCUT2D eigenvalue weighted by Gasteiger charge is -2.30. The van der Waals surface area contributed by atoms with E-state index in [4.69, 9.17) is 0 Å². The van der Waals surface area contributed by atoms with Crippen LogP contribution in [0.2, 0.25) is 0 Å². The maximum absolute atomic E-state index is 2.54. The number of anilines is 1. The Morgan fingerprint density at radius 3 is 2.29 bits per heavy atom. The summed E-state index contributed by atoms with van der Waals surface area (Å²) in [5.74, 6) is 0. The average molecular weight is 187 g/mol. The van der Waals surface area contributed by atoms with Gasteiger partial charge in [0.1, 0.15) is 0 Å². The number of hydrogen-bond donors (Lipinski definition) is 0. The molecule has 0 unspecified atom stereocenters. The molecule has 0 spiro atoms. The minimum absolute atomic E-state index is 1.26. The zero-order valence-corrected chi connectivity index (χ0v) is 8.63. The molecule has 0 bridgehead atoms. The van der Waals surface area contributed by atoms with E-state index in [-0.39, 0.29) is 0 Å². The zero-order chi connectivity index (χ0) is 9.38. The van der Waals surface area contributed by atoms with Gasteiger partial charge >= 0.3 is 0 Å². The topological polar surface area (TPSA) is 3.24 Å². The standard InChI is InChI=1S/C13H17N/c1-2-8-14(9-3-1)13-7-6-11-4-5-12(11)10-13/h6-7,10H,1-5,8-9H2. The van der Waals surface area contributed by atoms with Crippen LogP contribution in [-0.4, -0.2) is 13.1 Å². The first kappa shape index (κ1) is 8.34.